The number of nitrogens with zero attached hydrogens (tertiary/aromatic N) is 5. The smallest absolute Gasteiger partial charge is 0.282 e. The van der Waals surface area contributed by atoms with Gasteiger partial charge in [-0.05, 0) is 36.4 Å². The number of halogens is 1. The molecule has 0 aliphatic rings. The molecule has 0 amide bonds. The van der Waals surface area contributed by atoms with Crippen LogP contribution in [0.1, 0.15) is 32.3 Å². The number of fused-ring (bicyclic) bond motifs is 1. The summed E-state index contributed by atoms with van der Waals surface area (Å²) in [6, 6.07) is 15.3. The highest BCUT2D eigenvalue weighted by atomic mass is 79.9. The number of hydrogen-bond acceptors (Lipinski definition) is 5. The molecule has 0 N–H and O–H groups in total. The Balaban J connectivity index is 1.85. The number of rotatable bonds is 4. The van der Waals surface area contributed by atoms with Gasteiger partial charge in [0.1, 0.15) is 5.82 Å². The van der Waals surface area contributed by atoms with E-state index < -0.39 is 10.3 Å². The van der Waals surface area contributed by atoms with Crippen molar-refractivity contribution in [3.05, 3.63) is 97.3 Å². The molecular formula is C23H20BrN5O3. The van der Waals surface area contributed by atoms with Gasteiger partial charge in [0.15, 0.2) is 0 Å². The van der Waals surface area contributed by atoms with Crippen molar-refractivity contribution in [2.75, 3.05) is 0 Å². The van der Waals surface area contributed by atoms with Gasteiger partial charge in [0.25, 0.3) is 11.2 Å². The zero-order valence-corrected chi connectivity index (χ0v) is 19.3. The Bertz CT molecular complexity index is 1430. The molecule has 0 bridgehead atoms. The van der Waals surface area contributed by atoms with Gasteiger partial charge < -0.3 is 4.57 Å². The molecule has 0 unspecified atom stereocenters. The lowest BCUT2D eigenvalue weighted by Gasteiger charge is -2.20. The highest BCUT2D eigenvalue weighted by Crippen LogP contribution is 2.23. The van der Waals surface area contributed by atoms with Crippen LogP contribution in [0.2, 0.25) is 0 Å². The van der Waals surface area contributed by atoms with E-state index >= 15 is 0 Å². The van der Waals surface area contributed by atoms with Crippen molar-refractivity contribution in [2.24, 2.45) is 5.10 Å². The third kappa shape index (κ3) is 4.11. The van der Waals surface area contributed by atoms with Crippen molar-refractivity contribution in [2.45, 2.75) is 26.2 Å². The highest BCUT2D eigenvalue weighted by Gasteiger charge is 2.23. The van der Waals surface area contributed by atoms with Gasteiger partial charge in [-0.25, -0.2) is 4.98 Å². The van der Waals surface area contributed by atoms with E-state index in [0.29, 0.717) is 28.1 Å². The second-order valence-corrected chi connectivity index (χ2v) is 9.20. The summed E-state index contributed by atoms with van der Waals surface area (Å²) < 4.78 is 3.87. The summed E-state index contributed by atoms with van der Waals surface area (Å²) in [6.45, 7) is 5.91. The summed E-state index contributed by atoms with van der Waals surface area (Å²) in [5, 5.41) is 16.1. The Morgan fingerprint density at radius 3 is 2.62 bits per heavy atom. The molecule has 0 fully saturated rings. The van der Waals surface area contributed by atoms with E-state index in [1.54, 1.807) is 41.2 Å². The quantitative estimate of drug-likeness (QED) is 0.226. The molecule has 162 valence electrons. The third-order valence-electron chi connectivity index (χ3n) is 4.88. The average molecular weight is 494 g/mol. The lowest BCUT2D eigenvalue weighted by molar-refractivity contribution is -0.384. The van der Waals surface area contributed by atoms with Crippen LogP contribution in [-0.4, -0.2) is 25.4 Å². The van der Waals surface area contributed by atoms with Crippen LogP contribution >= 0.6 is 15.9 Å². The van der Waals surface area contributed by atoms with Crippen molar-refractivity contribution in [1.82, 2.24) is 14.2 Å². The maximum absolute atomic E-state index is 13.3. The first kappa shape index (κ1) is 21.6. The van der Waals surface area contributed by atoms with Gasteiger partial charge in [-0.15, -0.1) is 0 Å². The number of nitro groups is 1. The fraction of sp³-hybridized carbons (Fsp3) is 0.174. The minimum atomic E-state index is -0.436. The summed E-state index contributed by atoms with van der Waals surface area (Å²) in [5.41, 5.74) is 1.18. The number of non-ortho nitro benzene ring substituents is 1. The zero-order chi connectivity index (χ0) is 23.0. The van der Waals surface area contributed by atoms with E-state index in [1.807, 2.05) is 39.0 Å². The number of nitro benzene ring substituents is 1. The average Bonchev–Trinajstić information content (AvgIpc) is 3.21. The van der Waals surface area contributed by atoms with Gasteiger partial charge in [-0.3, -0.25) is 14.9 Å². The minimum Gasteiger partial charge on any atom is -0.315 e. The lowest BCUT2D eigenvalue weighted by atomic mass is 9.95. The molecule has 0 saturated carbocycles. The Labute approximate surface area is 192 Å². The highest BCUT2D eigenvalue weighted by molar-refractivity contribution is 9.10. The molecule has 0 atom stereocenters. The van der Waals surface area contributed by atoms with Gasteiger partial charge in [-0.1, -0.05) is 42.8 Å². The SMILES string of the molecule is CC(C)(C)c1nc2ccc(Br)cc2c(=O)n1N=Cc1cccn1-c1cccc([N+](=O)[O-])c1. The van der Waals surface area contributed by atoms with E-state index in [9.17, 15) is 14.9 Å². The van der Waals surface area contributed by atoms with Crippen LogP contribution < -0.4 is 5.56 Å². The minimum absolute atomic E-state index is 0.00497. The second kappa shape index (κ2) is 8.16. The first-order valence-electron chi connectivity index (χ1n) is 9.84. The van der Waals surface area contributed by atoms with E-state index in [-0.39, 0.29) is 11.2 Å². The molecule has 0 saturated heterocycles. The molecule has 8 nitrogen and oxygen atoms in total. The molecule has 0 spiro atoms. The molecule has 2 heterocycles. The number of benzene rings is 2. The van der Waals surface area contributed by atoms with Crippen LogP contribution in [-0.2, 0) is 5.41 Å². The Kier molecular flexibility index (Phi) is 5.52. The first-order chi connectivity index (χ1) is 15.1. The zero-order valence-electron chi connectivity index (χ0n) is 17.7. The fourth-order valence-corrected chi connectivity index (χ4v) is 3.71. The van der Waals surface area contributed by atoms with Crippen LogP contribution in [0.5, 0.6) is 0 Å². The molecular weight excluding hydrogens is 474 g/mol. The van der Waals surface area contributed by atoms with Crippen LogP contribution in [0, 0.1) is 10.1 Å². The first-order valence-corrected chi connectivity index (χ1v) is 10.6. The Hall–Kier alpha value is -3.59. The molecule has 0 aliphatic heterocycles. The third-order valence-corrected chi connectivity index (χ3v) is 5.38. The van der Waals surface area contributed by atoms with Crippen molar-refractivity contribution >= 4 is 38.7 Å². The van der Waals surface area contributed by atoms with Gasteiger partial charge in [0.2, 0.25) is 0 Å². The Morgan fingerprint density at radius 2 is 1.91 bits per heavy atom. The molecule has 9 heteroatoms. The predicted octanol–water partition coefficient (Wildman–Crippen LogP) is 5.04. The van der Waals surface area contributed by atoms with Crippen molar-refractivity contribution < 1.29 is 4.92 Å². The van der Waals surface area contributed by atoms with Crippen molar-refractivity contribution in [3.63, 3.8) is 0 Å². The van der Waals surface area contributed by atoms with Crippen LogP contribution in [0.4, 0.5) is 5.69 Å². The molecule has 4 rings (SSSR count). The van der Waals surface area contributed by atoms with Crippen LogP contribution in [0.15, 0.2) is 75.2 Å². The standard InChI is InChI=1S/C23H20BrN5O3/c1-23(2,3)22-26-20-10-9-15(24)12-19(20)21(30)28(22)25-14-18-8-5-11-27(18)16-6-4-7-17(13-16)29(31)32/h4-14H,1-3H3. The fourth-order valence-electron chi connectivity index (χ4n) is 3.35. The largest absolute Gasteiger partial charge is 0.315 e. The second-order valence-electron chi connectivity index (χ2n) is 8.29. The summed E-state index contributed by atoms with van der Waals surface area (Å²) in [4.78, 5) is 28.7. The van der Waals surface area contributed by atoms with Crippen molar-refractivity contribution in [1.29, 1.82) is 0 Å². The summed E-state index contributed by atoms with van der Waals surface area (Å²) >= 11 is 3.41. The normalized spacial score (nSPS) is 12.0. The van der Waals surface area contributed by atoms with E-state index in [0.717, 1.165) is 4.47 Å². The summed E-state index contributed by atoms with van der Waals surface area (Å²) in [7, 11) is 0. The number of aromatic nitrogens is 3. The molecule has 0 radical (unpaired) electrons. The molecule has 4 aromatic rings. The van der Waals surface area contributed by atoms with Gasteiger partial charge in [0.05, 0.1) is 33.4 Å². The summed E-state index contributed by atoms with van der Waals surface area (Å²) in [5.74, 6) is 0.530. The van der Waals surface area contributed by atoms with E-state index in [4.69, 9.17) is 4.98 Å². The molecule has 32 heavy (non-hydrogen) atoms. The predicted molar refractivity (Wildman–Crippen MR) is 128 cm³/mol. The van der Waals surface area contributed by atoms with Gasteiger partial charge in [-0.2, -0.15) is 9.78 Å². The molecule has 2 aromatic carbocycles. The topological polar surface area (TPSA) is 95.3 Å². The summed E-state index contributed by atoms with van der Waals surface area (Å²) in [6.07, 6.45) is 3.34. The monoisotopic (exact) mass is 493 g/mol. The van der Waals surface area contributed by atoms with Gasteiger partial charge >= 0.3 is 0 Å². The van der Waals surface area contributed by atoms with Gasteiger partial charge in [0, 0.05) is 28.2 Å². The molecule has 2 aromatic heterocycles. The van der Waals surface area contributed by atoms with E-state index in [1.165, 1.54) is 16.8 Å². The maximum Gasteiger partial charge on any atom is 0.282 e. The lowest BCUT2D eigenvalue weighted by Crippen LogP contribution is -2.29. The van der Waals surface area contributed by atoms with Crippen LogP contribution in [0.25, 0.3) is 16.6 Å². The van der Waals surface area contributed by atoms with Crippen molar-refractivity contribution in [3.8, 4) is 5.69 Å². The maximum atomic E-state index is 13.3. The van der Waals surface area contributed by atoms with Crippen LogP contribution in [0.3, 0.4) is 0 Å². The Morgan fingerprint density at radius 1 is 1.12 bits per heavy atom. The number of hydrogen-bond donors (Lipinski definition) is 0. The molecule has 0 aliphatic carbocycles. The van der Waals surface area contributed by atoms with E-state index in [2.05, 4.69) is 21.0 Å².